The number of benzene rings is 2. The van der Waals surface area contributed by atoms with E-state index >= 15 is 0 Å². The van der Waals surface area contributed by atoms with Crippen LogP contribution in [0.25, 0.3) is 0 Å². The van der Waals surface area contributed by atoms with Gasteiger partial charge in [0.2, 0.25) is 0 Å². The SMILES string of the molecule is NC1=NCC(c2ccc(O)c(F)c2)N1c1ccc(Br)cc1. The molecule has 108 valence electrons. The fourth-order valence-corrected chi connectivity index (χ4v) is 2.66. The minimum Gasteiger partial charge on any atom is -0.505 e. The molecule has 21 heavy (non-hydrogen) atoms. The van der Waals surface area contributed by atoms with Gasteiger partial charge in [-0.1, -0.05) is 22.0 Å². The van der Waals surface area contributed by atoms with Gasteiger partial charge in [0.25, 0.3) is 0 Å². The second-order valence-electron chi connectivity index (χ2n) is 4.77. The van der Waals surface area contributed by atoms with Gasteiger partial charge >= 0.3 is 0 Å². The summed E-state index contributed by atoms with van der Waals surface area (Å²) >= 11 is 3.39. The molecule has 3 rings (SSSR count). The number of anilines is 1. The Morgan fingerprint density at radius 3 is 2.62 bits per heavy atom. The lowest BCUT2D eigenvalue weighted by Gasteiger charge is -2.26. The first kappa shape index (κ1) is 13.9. The Kier molecular flexibility index (Phi) is 3.55. The zero-order valence-corrected chi connectivity index (χ0v) is 12.6. The van der Waals surface area contributed by atoms with Crippen molar-refractivity contribution < 1.29 is 9.50 Å². The van der Waals surface area contributed by atoms with Crippen LogP contribution in [0.1, 0.15) is 11.6 Å². The molecule has 0 amide bonds. The van der Waals surface area contributed by atoms with E-state index in [1.807, 2.05) is 29.2 Å². The Bertz CT molecular complexity index is 703. The number of phenols is 1. The summed E-state index contributed by atoms with van der Waals surface area (Å²) in [5.74, 6) is -0.606. The van der Waals surface area contributed by atoms with Gasteiger partial charge in [-0.2, -0.15) is 0 Å². The number of halogens is 2. The van der Waals surface area contributed by atoms with Crippen molar-refractivity contribution in [3.63, 3.8) is 0 Å². The van der Waals surface area contributed by atoms with Crippen molar-refractivity contribution in [2.24, 2.45) is 10.7 Å². The zero-order chi connectivity index (χ0) is 15.0. The van der Waals surface area contributed by atoms with Gasteiger partial charge < -0.3 is 15.7 Å². The molecule has 0 fully saturated rings. The van der Waals surface area contributed by atoms with Crippen molar-refractivity contribution in [2.75, 3.05) is 11.4 Å². The third-order valence-corrected chi connectivity index (χ3v) is 3.97. The van der Waals surface area contributed by atoms with Crippen LogP contribution in [0.2, 0.25) is 0 Å². The minimum atomic E-state index is -0.645. The van der Waals surface area contributed by atoms with Crippen molar-refractivity contribution >= 4 is 27.6 Å². The quantitative estimate of drug-likeness (QED) is 0.875. The topological polar surface area (TPSA) is 61.9 Å². The van der Waals surface area contributed by atoms with Crippen LogP contribution in [0.3, 0.4) is 0 Å². The molecule has 2 aromatic carbocycles. The zero-order valence-electron chi connectivity index (χ0n) is 11.0. The van der Waals surface area contributed by atoms with Crippen LogP contribution < -0.4 is 10.6 Å². The first-order chi connectivity index (χ1) is 10.1. The molecular formula is C15H13BrFN3O. The van der Waals surface area contributed by atoms with Gasteiger partial charge in [0.15, 0.2) is 17.5 Å². The van der Waals surface area contributed by atoms with Gasteiger partial charge in [0.1, 0.15) is 0 Å². The summed E-state index contributed by atoms with van der Waals surface area (Å²) in [6.07, 6.45) is 0. The summed E-state index contributed by atoms with van der Waals surface area (Å²) in [7, 11) is 0. The first-order valence-corrected chi connectivity index (χ1v) is 7.18. The molecule has 0 aromatic heterocycles. The molecule has 3 N–H and O–H groups in total. The standard InChI is InChI=1S/C15H13BrFN3O/c16-10-2-4-11(5-3-10)20-13(8-19-15(20)18)9-1-6-14(21)12(17)7-9/h1-7,13,21H,8H2,(H2,18,19). The van der Waals surface area contributed by atoms with E-state index in [2.05, 4.69) is 20.9 Å². The molecule has 0 radical (unpaired) electrons. The maximum absolute atomic E-state index is 13.6. The second-order valence-corrected chi connectivity index (χ2v) is 5.69. The van der Waals surface area contributed by atoms with Gasteiger partial charge in [0, 0.05) is 10.2 Å². The number of aromatic hydroxyl groups is 1. The largest absolute Gasteiger partial charge is 0.505 e. The second kappa shape index (κ2) is 5.37. The number of nitrogens with zero attached hydrogens (tertiary/aromatic N) is 2. The maximum atomic E-state index is 13.6. The molecule has 0 saturated heterocycles. The van der Waals surface area contributed by atoms with E-state index < -0.39 is 5.82 Å². The summed E-state index contributed by atoms with van der Waals surface area (Å²) in [5, 5.41) is 9.30. The molecule has 6 heteroatoms. The lowest BCUT2D eigenvalue weighted by atomic mass is 10.1. The maximum Gasteiger partial charge on any atom is 0.196 e. The summed E-state index contributed by atoms with van der Waals surface area (Å²) in [5.41, 5.74) is 7.57. The van der Waals surface area contributed by atoms with Crippen molar-refractivity contribution in [3.05, 3.63) is 58.3 Å². The number of phenolic OH excluding ortho intramolecular Hbond substituents is 1. The molecule has 1 aliphatic rings. The van der Waals surface area contributed by atoms with Gasteiger partial charge in [-0.15, -0.1) is 0 Å². The summed E-state index contributed by atoms with van der Waals surface area (Å²) in [6.45, 7) is 0.451. The third-order valence-electron chi connectivity index (χ3n) is 3.45. The van der Waals surface area contributed by atoms with Crippen molar-refractivity contribution in [1.82, 2.24) is 0 Å². The van der Waals surface area contributed by atoms with Crippen molar-refractivity contribution in [1.29, 1.82) is 0 Å². The number of guanidine groups is 1. The molecule has 0 saturated carbocycles. The van der Waals surface area contributed by atoms with E-state index in [1.54, 1.807) is 6.07 Å². The predicted octanol–water partition coefficient (Wildman–Crippen LogP) is 3.17. The molecule has 1 heterocycles. The number of nitrogens with two attached hydrogens (primary N) is 1. The average molecular weight is 350 g/mol. The molecule has 1 aliphatic heterocycles. The van der Waals surface area contributed by atoms with E-state index in [-0.39, 0.29) is 11.8 Å². The normalized spacial score (nSPS) is 17.9. The van der Waals surface area contributed by atoms with Gasteiger partial charge in [-0.3, -0.25) is 4.99 Å². The number of rotatable bonds is 2. The summed E-state index contributed by atoms with van der Waals surface area (Å²) in [4.78, 5) is 6.11. The number of hydrogen-bond donors (Lipinski definition) is 2. The Morgan fingerprint density at radius 2 is 1.95 bits per heavy atom. The van der Waals surface area contributed by atoms with Crippen molar-refractivity contribution in [3.8, 4) is 5.75 Å². The van der Waals surface area contributed by atoms with Gasteiger partial charge in [0.05, 0.1) is 12.6 Å². The molecule has 0 aliphatic carbocycles. The molecule has 2 aromatic rings. The first-order valence-electron chi connectivity index (χ1n) is 6.39. The molecule has 0 bridgehead atoms. The Labute approximate surface area is 129 Å². The average Bonchev–Trinajstić information content (AvgIpc) is 2.85. The van der Waals surface area contributed by atoms with E-state index in [4.69, 9.17) is 5.73 Å². The molecular weight excluding hydrogens is 337 g/mol. The van der Waals surface area contributed by atoms with E-state index in [9.17, 15) is 9.50 Å². The highest BCUT2D eigenvalue weighted by Gasteiger charge is 2.29. The fraction of sp³-hybridized carbons (Fsp3) is 0.133. The van der Waals surface area contributed by atoms with Crippen LogP contribution in [0.15, 0.2) is 51.9 Å². The van der Waals surface area contributed by atoms with E-state index in [0.29, 0.717) is 12.5 Å². The van der Waals surface area contributed by atoms with Gasteiger partial charge in [-0.25, -0.2) is 4.39 Å². The van der Waals surface area contributed by atoms with Crippen LogP contribution in [0.5, 0.6) is 5.75 Å². The van der Waals surface area contributed by atoms with Crippen LogP contribution in [-0.2, 0) is 0 Å². The molecule has 0 spiro atoms. The van der Waals surface area contributed by atoms with Gasteiger partial charge in [-0.05, 0) is 42.0 Å². The minimum absolute atomic E-state index is 0.179. The smallest absolute Gasteiger partial charge is 0.196 e. The third kappa shape index (κ3) is 2.58. The number of aliphatic imine (C=N–C) groups is 1. The van der Waals surface area contributed by atoms with E-state index in [0.717, 1.165) is 15.7 Å². The van der Waals surface area contributed by atoms with Crippen LogP contribution in [0.4, 0.5) is 10.1 Å². The predicted molar refractivity (Wildman–Crippen MR) is 83.9 cm³/mol. The van der Waals surface area contributed by atoms with Crippen LogP contribution in [0, 0.1) is 5.82 Å². The van der Waals surface area contributed by atoms with Crippen LogP contribution >= 0.6 is 15.9 Å². The Morgan fingerprint density at radius 1 is 1.24 bits per heavy atom. The molecule has 1 unspecified atom stereocenters. The molecule has 1 atom stereocenters. The monoisotopic (exact) mass is 349 g/mol. The van der Waals surface area contributed by atoms with Crippen molar-refractivity contribution in [2.45, 2.75) is 6.04 Å². The highest BCUT2D eigenvalue weighted by atomic mass is 79.9. The Balaban J connectivity index is 1.98. The lowest BCUT2D eigenvalue weighted by molar-refractivity contribution is 0.431. The highest BCUT2D eigenvalue weighted by Crippen LogP contribution is 2.33. The molecule has 4 nitrogen and oxygen atoms in total. The summed E-state index contributed by atoms with van der Waals surface area (Å²) < 4.78 is 14.5. The number of hydrogen-bond acceptors (Lipinski definition) is 4. The highest BCUT2D eigenvalue weighted by molar-refractivity contribution is 9.10. The van der Waals surface area contributed by atoms with Crippen LogP contribution in [-0.4, -0.2) is 17.6 Å². The van der Waals surface area contributed by atoms with E-state index in [1.165, 1.54) is 12.1 Å². The lowest BCUT2D eigenvalue weighted by Crippen LogP contribution is -2.36. The Hall–Kier alpha value is -2.08. The fourth-order valence-electron chi connectivity index (χ4n) is 2.40. The summed E-state index contributed by atoms with van der Waals surface area (Å²) in [6, 6.07) is 11.8.